The molecule has 2 saturated heterocycles. The molecule has 0 spiro atoms. The summed E-state index contributed by atoms with van der Waals surface area (Å²) in [6.45, 7) is 4.75. The molecule has 2 aliphatic heterocycles. The Bertz CT molecular complexity index is 1210. The van der Waals surface area contributed by atoms with E-state index in [1.807, 2.05) is 17.6 Å². The molecular formula is C27H33N5O3S. The lowest BCUT2D eigenvalue weighted by Gasteiger charge is -2.38. The summed E-state index contributed by atoms with van der Waals surface area (Å²) in [6.07, 6.45) is 6.85. The van der Waals surface area contributed by atoms with E-state index in [9.17, 15) is 9.59 Å². The first-order chi connectivity index (χ1) is 17.6. The molecule has 1 N–H and O–H groups in total. The molecule has 36 heavy (non-hydrogen) atoms. The molecule has 0 radical (unpaired) electrons. The van der Waals surface area contributed by atoms with Crippen LogP contribution in [-0.4, -0.2) is 59.2 Å². The number of carbonyl (C=O) groups is 2. The Kier molecular flexibility index (Phi) is 7.65. The Morgan fingerprint density at radius 3 is 3.03 bits per heavy atom. The van der Waals surface area contributed by atoms with Gasteiger partial charge in [0, 0.05) is 43.5 Å². The highest BCUT2D eigenvalue weighted by molar-refractivity contribution is 7.16. The minimum absolute atomic E-state index is 0.100. The van der Waals surface area contributed by atoms with Gasteiger partial charge in [-0.2, -0.15) is 0 Å². The Hall–Kier alpha value is -3.20. The highest BCUT2D eigenvalue weighted by Gasteiger charge is 2.41. The maximum Gasteiger partial charge on any atom is 0.412 e. The maximum atomic E-state index is 13.1. The number of nitrogens with one attached hydrogen (secondary N) is 1. The van der Waals surface area contributed by atoms with Crippen molar-refractivity contribution in [2.75, 3.05) is 36.5 Å². The van der Waals surface area contributed by atoms with Gasteiger partial charge in [0.1, 0.15) is 5.82 Å². The second-order valence-electron chi connectivity index (χ2n) is 9.59. The summed E-state index contributed by atoms with van der Waals surface area (Å²) in [5, 5.41) is 2.72. The average Bonchev–Trinajstić information content (AvgIpc) is 3.49. The zero-order valence-corrected chi connectivity index (χ0v) is 21.5. The fraction of sp³-hybridized carbons (Fsp3) is 0.481. The number of anilines is 2. The van der Waals surface area contributed by atoms with Crippen molar-refractivity contribution in [3.63, 3.8) is 0 Å². The number of unbranched alkanes of at least 4 members (excludes halogenated alkanes) is 1. The van der Waals surface area contributed by atoms with E-state index in [2.05, 4.69) is 50.2 Å². The summed E-state index contributed by atoms with van der Waals surface area (Å²) in [5.41, 5.74) is 5.30. The number of nitrogens with zero attached hydrogens (tertiary/aromatic N) is 4. The van der Waals surface area contributed by atoms with Crippen molar-refractivity contribution < 1.29 is 14.3 Å². The number of amides is 2. The molecule has 8 nitrogen and oxygen atoms in total. The largest absolute Gasteiger partial charge is 0.449 e. The summed E-state index contributed by atoms with van der Waals surface area (Å²) in [7, 11) is 0. The first-order valence-electron chi connectivity index (χ1n) is 12.9. The number of carbonyl (C=O) groups excluding carboxylic acids is 2. The van der Waals surface area contributed by atoms with Gasteiger partial charge in [0.2, 0.25) is 5.91 Å². The number of thiazole rings is 1. The van der Waals surface area contributed by atoms with Crippen molar-refractivity contribution in [1.82, 2.24) is 14.9 Å². The Labute approximate surface area is 215 Å². The molecule has 4 heterocycles. The molecule has 5 rings (SSSR count). The molecule has 0 unspecified atom stereocenters. The van der Waals surface area contributed by atoms with Crippen LogP contribution in [0.4, 0.5) is 16.3 Å². The third-order valence-corrected chi connectivity index (χ3v) is 8.10. The van der Waals surface area contributed by atoms with E-state index in [1.165, 1.54) is 10.3 Å². The highest BCUT2D eigenvalue weighted by atomic mass is 32.1. The number of ether oxygens (including phenoxy) is 1. The van der Waals surface area contributed by atoms with Gasteiger partial charge in [-0.15, -0.1) is 11.3 Å². The van der Waals surface area contributed by atoms with Crippen LogP contribution in [0.15, 0.2) is 42.0 Å². The fourth-order valence-corrected chi connectivity index (χ4v) is 6.14. The molecule has 9 heteroatoms. The van der Waals surface area contributed by atoms with Crippen molar-refractivity contribution in [2.45, 2.75) is 51.5 Å². The number of aromatic nitrogens is 2. The van der Waals surface area contributed by atoms with Gasteiger partial charge in [-0.1, -0.05) is 25.5 Å². The molecule has 2 atom stereocenters. The zero-order chi connectivity index (χ0) is 24.9. The van der Waals surface area contributed by atoms with Crippen LogP contribution in [-0.2, 0) is 16.0 Å². The number of rotatable bonds is 9. The van der Waals surface area contributed by atoms with E-state index in [1.54, 1.807) is 17.5 Å². The van der Waals surface area contributed by atoms with Crippen LogP contribution in [0.2, 0.25) is 0 Å². The van der Waals surface area contributed by atoms with Crippen molar-refractivity contribution in [3.05, 3.63) is 47.6 Å². The lowest BCUT2D eigenvalue weighted by atomic mass is 9.96. The molecule has 0 bridgehead atoms. The van der Waals surface area contributed by atoms with Crippen LogP contribution < -0.4 is 10.2 Å². The maximum absolute atomic E-state index is 13.1. The van der Waals surface area contributed by atoms with Gasteiger partial charge in [-0.05, 0) is 49.8 Å². The molecule has 2 amide bonds. The van der Waals surface area contributed by atoms with Crippen LogP contribution in [0, 0.1) is 5.92 Å². The predicted octanol–water partition coefficient (Wildman–Crippen LogP) is 5.10. The number of piperazine rings is 1. The quantitative estimate of drug-likeness (QED) is 0.406. The minimum atomic E-state index is -0.478. The van der Waals surface area contributed by atoms with E-state index >= 15 is 0 Å². The number of hydrogen-bond donors (Lipinski definition) is 1. The van der Waals surface area contributed by atoms with Gasteiger partial charge in [0.05, 0.1) is 28.4 Å². The second kappa shape index (κ2) is 11.2. The van der Waals surface area contributed by atoms with Crippen LogP contribution in [0.5, 0.6) is 0 Å². The van der Waals surface area contributed by atoms with Gasteiger partial charge >= 0.3 is 6.09 Å². The lowest BCUT2D eigenvalue weighted by molar-refractivity contribution is -0.132. The van der Waals surface area contributed by atoms with Crippen LogP contribution in [0.3, 0.4) is 0 Å². The number of aryl methyl sites for hydroxylation is 1. The Morgan fingerprint density at radius 1 is 1.22 bits per heavy atom. The normalized spacial score (nSPS) is 19.5. The van der Waals surface area contributed by atoms with Gasteiger partial charge < -0.3 is 14.5 Å². The summed E-state index contributed by atoms with van der Waals surface area (Å²) in [5.74, 6) is 0.887. The number of fused-ring (bicyclic) bond motifs is 2. The summed E-state index contributed by atoms with van der Waals surface area (Å²) in [4.78, 5) is 38.1. The van der Waals surface area contributed by atoms with Crippen LogP contribution in [0.1, 0.15) is 44.6 Å². The average molecular weight is 508 g/mol. The van der Waals surface area contributed by atoms with Gasteiger partial charge in [-0.25, -0.2) is 14.8 Å². The number of benzene rings is 1. The van der Waals surface area contributed by atoms with Gasteiger partial charge in [-0.3, -0.25) is 10.1 Å². The van der Waals surface area contributed by atoms with E-state index in [-0.39, 0.29) is 12.0 Å². The molecule has 2 aromatic heterocycles. The van der Waals surface area contributed by atoms with Gasteiger partial charge in [0.15, 0.2) is 0 Å². The fourth-order valence-electron chi connectivity index (χ4n) is 5.30. The molecule has 2 fully saturated rings. The van der Waals surface area contributed by atoms with Crippen molar-refractivity contribution in [1.29, 1.82) is 0 Å². The van der Waals surface area contributed by atoms with Crippen LogP contribution in [0.25, 0.3) is 10.2 Å². The minimum Gasteiger partial charge on any atom is -0.449 e. The monoisotopic (exact) mass is 507 g/mol. The summed E-state index contributed by atoms with van der Waals surface area (Å²) < 4.78 is 6.45. The smallest absolute Gasteiger partial charge is 0.412 e. The van der Waals surface area contributed by atoms with E-state index in [4.69, 9.17) is 4.74 Å². The molecule has 1 aromatic carbocycles. The van der Waals surface area contributed by atoms with E-state index < -0.39 is 6.09 Å². The molecule has 0 aliphatic carbocycles. The summed E-state index contributed by atoms with van der Waals surface area (Å²) >= 11 is 1.69. The first kappa shape index (κ1) is 24.5. The molecule has 190 valence electrons. The predicted molar refractivity (Wildman–Crippen MR) is 142 cm³/mol. The van der Waals surface area contributed by atoms with E-state index in [0.717, 1.165) is 69.4 Å². The van der Waals surface area contributed by atoms with Crippen molar-refractivity contribution >= 4 is 45.1 Å². The van der Waals surface area contributed by atoms with E-state index in [0.29, 0.717) is 18.3 Å². The first-order valence-corrected chi connectivity index (χ1v) is 13.8. The van der Waals surface area contributed by atoms with Gasteiger partial charge in [0.25, 0.3) is 0 Å². The SMILES string of the molecule is CCCCOC(=O)Nc1cc(N2CCN3C(=O)[C@@H](CCCc4cccc5ncsc45)C[C@H]3C2)ccn1. The molecule has 2 aliphatic rings. The zero-order valence-electron chi connectivity index (χ0n) is 20.7. The Balaban J connectivity index is 1.14. The molecule has 3 aromatic rings. The van der Waals surface area contributed by atoms with Crippen LogP contribution >= 0.6 is 11.3 Å². The topological polar surface area (TPSA) is 87.7 Å². The second-order valence-corrected chi connectivity index (χ2v) is 10.4. The van der Waals surface area contributed by atoms with Crippen molar-refractivity contribution in [3.8, 4) is 0 Å². The third-order valence-electron chi connectivity index (χ3n) is 7.18. The lowest BCUT2D eigenvalue weighted by Crippen LogP contribution is -2.51. The number of hydrogen-bond acceptors (Lipinski definition) is 7. The standard InChI is InChI=1S/C27H33N5O3S/c1-2-3-14-35-27(34)30-24-16-21(10-11-28-24)31-12-13-32-22(17-31)15-20(26(32)33)8-4-6-19-7-5-9-23-25(19)36-18-29-23/h5,7,9-11,16,18,20,22H,2-4,6,8,12-15,17H2,1H3,(H,28,30,34)/t20-,22-/m0/s1. The number of pyridine rings is 1. The highest BCUT2D eigenvalue weighted by Crippen LogP contribution is 2.33. The van der Waals surface area contributed by atoms with Crippen molar-refractivity contribution in [2.24, 2.45) is 5.92 Å². The third kappa shape index (κ3) is 5.46. The Morgan fingerprint density at radius 2 is 2.14 bits per heavy atom. The molecule has 0 saturated carbocycles. The molecular weight excluding hydrogens is 474 g/mol. The summed E-state index contributed by atoms with van der Waals surface area (Å²) in [6, 6.07) is 10.4.